The summed E-state index contributed by atoms with van der Waals surface area (Å²) in [5.41, 5.74) is 7.62. The van der Waals surface area contributed by atoms with Gasteiger partial charge in [-0.25, -0.2) is 0 Å². The molecule has 0 saturated heterocycles. The molecule has 4 rings (SSSR count). The number of aliphatic hydroxyl groups is 1. The average molecular weight is 474 g/mol. The summed E-state index contributed by atoms with van der Waals surface area (Å²) in [7, 11) is 3.49. The first kappa shape index (κ1) is 27.5. The number of carbonyl (C=O) groups excluding carboxylic acids is 1. The van der Waals surface area contributed by atoms with Gasteiger partial charge in [-0.15, -0.1) is 12.8 Å². The number of benzene rings is 2. The van der Waals surface area contributed by atoms with Gasteiger partial charge in [0.1, 0.15) is 11.8 Å². The van der Waals surface area contributed by atoms with E-state index in [0.29, 0.717) is 5.69 Å². The zero-order valence-electron chi connectivity index (χ0n) is 21.8. The van der Waals surface area contributed by atoms with Gasteiger partial charge in [-0.05, 0) is 62.9 Å². The van der Waals surface area contributed by atoms with E-state index < -0.39 is 5.60 Å². The molecule has 6 heteroatoms. The Balaban J connectivity index is 0.000000551. The normalized spacial score (nSPS) is 12.1. The van der Waals surface area contributed by atoms with Crippen molar-refractivity contribution in [3.63, 3.8) is 0 Å². The number of aromatic nitrogens is 1. The van der Waals surface area contributed by atoms with Gasteiger partial charge in [0.05, 0.1) is 30.3 Å². The van der Waals surface area contributed by atoms with E-state index in [1.807, 2.05) is 6.07 Å². The average Bonchev–Trinajstić information content (AvgIpc) is 3.17. The molecule has 1 aliphatic heterocycles. The number of methoxy groups -OCH3 is 1. The van der Waals surface area contributed by atoms with E-state index >= 15 is 0 Å². The third kappa shape index (κ3) is 6.04. The topological polar surface area (TPSA) is 78.5 Å². The molecule has 0 radical (unpaired) electrons. The Kier molecular flexibility index (Phi) is 8.74. The summed E-state index contributed by atoms with van der Waals surface area (Å²) >= 11 is 0. The molecule has 0 unspecified atom stereocenters. The van der Waals surface area contributed by atoms with Crippen molar-refractivity contribution >= 4 is 22.6 Å². The summed E-state index contributed by atoms with van der Waals surface area (Å²) in [5.74, 6) is -0.263. The minimum Gasteiger partial charge on any atom is -0.469 e. The van der Waals surface area contributed by atoms with Crippen LogP contribution in [0, 0.1) is 38.0 Å². The molecule has 6 nitrogen and oxygen atoms in total. The molecule has 0 aliphatic carbocycles. The van der Waals surface area contributed by atoms with Crippen molar-refractivity contribution in [3.8, 4) is 30.0 Å². The van der Waals surface area contributed by atoms with Gasteiger partial charge in [-0.3, -0.25) is 4.79 Å². The quantitative estimate of drug-likeness (QED) is 0.428. The van der Waals surface area contributed by atoms with Crippen LogP contribution in [0.15, 0.2) is 30.3 Å². The van der Waals surface area contributed by atoms with Crippen molar-refractivity contribution < 1.29 is 14.6 Å². The number of anilines is 1. The van der Waals surface area contributed by atoms with Gasteiger partial charge in [0, 0.05) is 25.5 Å². The highest BCUT2D eigenvalue weighted by molar-refractivity contribution is 6.07. The molecule has 1 aliphatic rings. The highest BCUT2D eigenvalue weighted by atomic mass is 16.5. The second-order valence-electron chi connectivity index (χ2n) is 9.59. The fourth-order valence-corrected chi connectivity index (χ4v) is 4.31. The number of nitriles is 1. The largest absolute Gasteiger partial charge is 0.469 e. The Morgan fingerprint density at radius 1 is 1.17 bits per heavy atom. The van der Waals surface area contributed by atoms with Crippen molar-refractivity contribution in [1.29, 1.82) is 5.26 Å². The lowest BCUT2D eigenvalue weighted by atomic mass is 9.88. The van der Waals surface area contributed by atoms with E-state index in [4.69, 9.17) is 9.84 Å². The summed E-state index contributed by atoms with van der Waals surface area (Å²) in [6.45, 7) is 11.0. The minimum atomic E-state index is -0.500. The van der Waals surface area contributed by atoms with Crippen molar-refractivity contribution in [2.24, 2.45) is 0 Å². The lowest BCUT2D eigenvalue weighted by Crippen LogP contribution is -2.29. The van der Waals surface area contributed by atoms with Crippen LogP contribution in [0.4, 0.5) is 5.69 Å². The summed E-state index contributed by atoms with van der Waals surface area (Å²) < 4.78 is 7.09. The van der Waals surface area contributed by atoms with Gasteiger partial charge < -0.3 is 19.3 Å². The molecule has 0 saturated carbocycles. The van der Waals surface area contributed by atoms with Crippen LogP contribution in [0.3, 0.4) is 0 Å². The molecule has 1 N–H and O–H groups in total. The monoisotopic (exact) mass is 473 g/mol. The second-order valence-corrected chi connectivity index (χ2v) is 9.59. The number of aryl methyl sites for hydroxylation is 1. The van der Waals surface area contributed by atoms with Gasteiger partial charge in [-0.1, -0.05) is 29.8 Å². The Morgan fingerprint density at radius 2 is 1.74 bits per heavy atom. The van der Waals surface area contributed by atoms with Gasteiger partial charge in [0.25, 0.3) is 0 Å². The highest BCUT2D eigenvalue weighted by Crippen LogP contribution is 2.44. The molecule has 0 spiro atoms. The highest BCUT2D eigenvalue weighted by Gasteiger charge is 2.28. The number of carbonyl (C=O) groups is 1. The lowest BCUT2D eigenvalue weighted by molar-refractivity contribution is -0.139. The van der Waals surface area contributed by atoms with Crippen LogP contribution in [0.1, 0.15) is 43.2 Å². The molecule has 2 aromatic carbocycles. The number of esters is 1. The number of likely N-dealkylation sites (N-methyl/N-ethyl adjacent to an activating group) is 1. The van der Waals surface area contributed by atoms with E-state index in [1.165, 1.54) is 12.7 Å². The summed E-state index contributed by atoms with van der Waals surface area (Å²) in [4.78, 5) is 14.5. The standard InChI is InChI=1S/C23H23N3O2.C4H10O.C2H2/c1-14-5-7-16(8-6-14)21-18(12-20(27)28-4)15(2)22-23-19(21)11-17(13-24)26(23)10-9-25(22)3;1-4(2,3)5;1-2/h5-8,11H,9-10,12H2,1-4H3;5H,1-3H3;1-2H. The zero-order valence-corrected chi connectivity index (χ0v) is 21.8. The number of nitrogens with zero attached hydrogens (tertiary/aromatic N) is 3. The van der Waals surface area contributed by atoms with Crippen LogP contribution in [0.5, 0.6) is 0 Å². The predicted octanol–water partition coefficient (Wildman–Crippen LogP) is 4.99. The number of hydrogen-bond acceptors (Lipinski definition) is 5. The number of terminal acetylenes is 1. The number of hydrogen-bond donors (Lipinski definition) is 1. The lowest BCUT2D eigenvalue weighted by Gasteiger charge is -2.31. The summed E-state index contributed by atoms with van der Waals surface area (Å²) in [5, 5.41) is 19.2. The molecule has 0 atom stereocenters. The van der Waals surface area contributed by atoms with E-state index in [9.17, 15) is 10.1 Å². The molecule has 3 aromatic rings. The third-order valence-electron chi connectivity index (χ3n) is 5.74. The fraction of sp³-hybridized carbons (Fsp3) is 0.379. The van der Waals surface area contributed by atoms with E-state index in [2.05, 4.69) is 73.5 Å². The van der Waals surface area contributed by atoms with Crippen LogP contribution in [-0.2, 0) is 22.5 Å². The van der Waals surface area contributed by atoms with Crippen molar-refractivity contribution in [3.05, 3.63) is 52.7 Å². The van der Waals surface area contributed by atoms with Crippen molar-refractivity contribution in [2.45, 2.75) is 53.2 Å². The Morgan fingerprint density at radius 3 is 2.26 bits per heavy atom. The first-order chi connectivity index (χ1) is 16.5. The first-order valence-corrected chi connectivity index (χ1v) is 11.5. The Hall–Kier alpha value is -3.74. The molecule has 1 aromatic heterocycles. The smallest absolute Gasteiger partial charge is 0.310 e. The van der Waals surface area contributed by atoms with Crippen molar-refractivity contribution in [2.75, 3.05) is 25.6 Å². The first-order valence-electron chi connectivity index (χ1n) is 11.5. The molecule has 184 valence electrons. The van der Waals surface area contributed by atoms with Crippen LogP contribution in [-0.4, -0.2) is 41.9 Å². The minimum absolute atomic E-state index is 0.204. The van der Waals surface area contributed by atoms with E-state index in [1.54, 1.807) is 20.8 Å². The van der Waals surface area contributed by atoms with Crippen LogP contribution < -0.4 is 4.90 Å². The maximum absolute atomic E-state index is 12.2. The third-order valence-corrected chi connectivity index (χ3v) is 5.74. The maximum atomic E-state index is 12.2. The van der Waals surface area contributed by atoms with Gasteiger partial charge in [0.15, 0.2) is 0 Å². The SMILES string of the molecule is C#C.CC(C)(C)O.COC(=O)Cc1c(C)c2c3c(cc(C#N)n3CCN2C)c1-c1ccc(C)cc1. The van der Waals surface area contributed by atoms with Crippen molar-refractivity contribution in [1.82, 2.24) is 4.57 Å². The summed E-state index contributed by atoms with van der Waals surface area (Å²) in [6.07, 6.45) is 8.20. The molecule has 2 heterocycles. The Labute approximate surface area is 208 Å². The van der Waals surface area contributed by atoms with E-state index in [0.717, 1.165) is 51.9 Å². The van der Waals surface area contributed by atoms with Crippen LogP contribution in [0.25, 0.3) is 22.0 Å². The second kappa shape index (κ2) is 11.1. The molecule has 0 bridgehead atoms. The fourth-order valence-electron chi connectivity index (χ4n) is 4.31. The number of rotatable bonds is 3. The van der Waals surface area contributed by atoms with Gasteiger partial charge in [0.2, 0.25) is 0 Å². The molecule has 35 heavy (non-hydrogen) atoms. The molecular formula is C29H35N3O3. The van der Waals surface area contributed by atoms with Gasteiger partial charge >= 0.3 is 5.97 Å². The van der Waals surface area contributed by atoms with Gasteiger partial charge in [-0.2, -0.15) is 5.26 Å². The molecular weight excluding hydrogens is 438 g/mol. The summed E-state index contributed by atoms with van der Waals surface area (Å²) in [6, 6.07) is 12.6. The Bertz CT molecular complexity index is 1260. The van der Waals surface area contributed by atoms with E-state index in [-0.39, 0.29) is 12.4 Å². The zero-order chi connectivity index (χ0) is 26.5. The predicted molar refractivity (Wildman–Crippen MR) is 142 cm³/mol. The number of ether oxygens (including phenoxy) is 1. The molecule has 0 fully saturated rings. The molecule has 0 amide bonds. The van der Waals surface area contributed by atoms with Crippen LogP contribution in [0.2, 0.25) is 0 Å². The maximum Gasteiger partial charge on any atom is 0.310 e. The van der Waals surface area contributed by atoms with Crippen LogP contribution >= 0.6 is 0 Å².